The van der Waals surface area contributed by atoms with Crippen molar-refractivity contribution in [2.45, 2.75) is 6.54 Å². The summed E-state index contributed by atoms with van der Waals surface area (Å²) in [5, 5.41) is 3.69. The van der Waals surface area contributed by atoms with Crippen molar-refractivity contribution >= 4 is 15.9 Å². The molecule has 106 valence electrons. The van der Waals surface area contributed by atoms with Crippen molar-refractivity contribution in [2.24, 2.45) is 0 Å². The topological polar surface area (TPSA) is 73.8 Å². The van der Waals surface area contributed by atoms with Gasteiger partial charge in [0.2, 0.25) is 5.82 Å². The normalized spacial score (nSPS) is 10.8. The molecule has 0 unspecified atom stereocenters. The molecule has 0 fully saturated rings. The van der Waals surface area contributed by atoms with Gasteiger partial charge >= 0.3 is 5.76 Å². The lowest BCUT2D eigenvalue weighted by Crippen LogP contribution is -2.17. The van der Waals surface area contributed by atoms with E-state index < -0.39 is 5.76 Å². The van der Waals surface area contributed by atoms with Gasteiger partial charge in [-0.05, 0) is 23.8 Å². The third-order valence-electron chi connectivity index (χ3n) is 2.80. The molecule has 21 heavy (non-hydrogen) atoms. The lowest BCUT2D eigenvalue weighted by molar-refractivity contribution is 0.378. The molecule has 0 radical (unpaired) electrons. The summed E-state index contributed by atoms with van der Waals surface area (Å²) in [6.45, 7) is 0.163. The summed E-state index contributed by atoms with van der Waals surface area (Å²) in [5.74, 6) is -0.498. The van der Waals surface area contributed by atoms with E-state index in [2.05, 4.69) is 35.6 Å². The molecule has 0 N–H and O–H groups in total. The van der Waals surface area contributed by atoms with Crippen LogP contribution in [0.4, 0.5) is 4.39 Å². The predicted octanol–water partition coefficient (Wildman–Crippen LogP) is 2.24. The van der Waals surface area contributed by atoms with Gasteiger partial charge in [0, 0.05) is 16.9 Å². The molecule has 0 bridgehead atoms. The van der Waals surface area contributed by atoms with E-state index in [1.54, 1.807) is 24.5 Å². The van der Waals surface area contributed by atoms with Crippen LogP contribution in [0.2, 0.25) is 0 Å². The summed E-state index contributed by atoms with van der Waals surface area (Å²) in [6, 6.07) is 5.88. The summed E-state index contributed by atoms with van der Waals surface area (Å²) >= 11 is 3.26. The summed E-state index contributed by atoms with van der Waals surface area (Å²) in [7, 11) is 0. The van der Waals surface area contributed by atoms with Gasteiger partial charge in [-0.15, -0.1) is 0 Å². The highest BCUT2D eigenvalue weighted by atomic mass is 79.9. The van der Waals surface area contributed by atoms with Crippen LogP contribution in [0.15, 0.2) is 50.4 Å². The number of rotatable bonds is 3. The van der Waals surface area contributed by atoms with Crippen LogP contribution in [0.3, 0.4) is 0 Å². The van der Waals surface area contributed by atoms with Crippen LogP contribution < -0.4 is 5.76 Å². The van der Waals surface area contributed by atoms with Crippen LogP contribution in [0, 0.1) is 5.82 Å². The average Bonchev–Trinajstić information content (AvgIpc) is 2.84. The highest BCUT2D eigenvalue weighted by Crippen LogP contribution is 2.20. The Morgan fingerprint density at radius 2 is 2.05 bits per heavy atom. The Morgan fingerprint density at radius 3 is 2.76 bits per heavy atom. The van der Waals surface area contributed by atoms with Gasteiger partial charge in [-0.2, -0.15) is 0 Å². The molecule has 0 saturated heterocycles. The quantitative estimate of drug-likeness (QED) is 0.724. The molecule has 2 aromatic heterocycles. The summed E-state index contributed by atoms with van der Waals surface area (Å²) in [5.41, 5.74) is 0.707. The van der Waals surface area contributed by atoms with Gasteiger partial charge in [-0.1, -0.05) is 27.2 Å². The van der Waals surface area contributed by atoms with E-state index in [-0.39, 0.29) is 24.0 Å². The fourth-order valence-electron chi connectivity index (χ4n) is 1.80. The molecule has 0 aliphatic carbocycles. The number of hydrogen-bond donors (Lipinski definition) is 0. The van der Waals surface area contributed by atoms with Crippen molar-refractivity contribution in [1.29, 1.82) is 0 Å². The van der Waals surface area contributed by atoms with Crippen molar-refractivity contribution < 1.29 is 8.91 Å². The van der Waals surface area contributed by atoms with Crippen molar-refractivity contribution in [3.63, 3.8) is 0 Å². The molecule has 0 amide bonds. The van der Waals surface area contributed by atoms with Crippen LogP contribution in [0.25, 0.3) is 11.6 Å². The largest absolute Gasteiger partial charge is 0.442 e. The van der Waals surface area contributed by atoms with Gasteiger partial charge in [-0.25, -0.2) is 23.7 Å². The van der Waals surface area contributed by atoms with E-state index >= 15 is 0 Å². The van der Waals surface area contributed by atoms with Gasteiger partial charge in [0.15, 0.2) is 5.82 Å². The first-order valence-corrected chi connectivity index (χ1v) is 6.72. The summed E-state index contributed by atoms with van der Waals surface area (Å²) < 4.78 is 19.6. The van der Waals surface area contributed by atoms with Gasteiger partial charge in [0.1, 0.15) is 5.82 Å². The molecule has 1 aromatic carbocycles. The molecule has 8 heteroatoms. The van der Waals surface area contributed by atoms with Crippen molar-refractivity contribution in [3.05, 3.63) is 63.1 Å². The molecule has 0 saturated carbocycles. The predicted molar refractivity (Wildman–Crippen MR) is 75.0 cm³/mol. The van der Waals surface area contributed by atoms with Gasteiger partial charge in [0.25, 0.3) is 0 Å². The van der Waals surface area contributed by atoms with Crippen molar-refractivity contribution in [3.8, 4) is 11.6 Å². The highest BCUT2D eigenvalue weighted by molar-refractivity contribution is 9.10. The molecule has 3 rings (SSSR count). The Bertz CT molecular complexity index is 832. The lowest BCUT2D eigenvalue weighted by Gasteiger charge is -2.06. The van der Waals surface area contributed by atoms with E-state index in [1.165, 1.54) is 16.7 Å². The number of halogens is 2. The third kappa shape index (κ3) is 2.75. The first kappa shape index (κ1) is 13.6. The van der Waals surface area contributed by atoms with Crippen LogP contribution in [-0.2, 0) is 6.54 Å². The van der Waals surface area contributed by atoms with E-state index in [9.17, 15) is 9.18 Å². The zero-order valence-electron chi connectivity index (χ0n) is 10.5. The second-order valence-corrected chi connectivity index (χ2v) is 5.02. The number of aromatic nitrogens is 4. The van der Waals surface area contributed by atoms with Gasteiger partial charge in [0.05, 0.1) is 6.54 Å². The summed E-state index contributed by atoms with van der Waals surface area (Å²) in [4.78, 5) is 19.9. The van der Waals surface area contributed by atoms with Gasteiger partial charge in [-0.3, -0.25) is 4.52 Å². The minimum Gasteiger partial charge on any atom is -0.295 e. The summed E-state index contributed by atoms with van der Waals surface area (Å²) in [6.07, 6.45) is 3.08. The minimum absolute atomic E-state index is 0.163. The minimum atomic E-state index is -0.631. The Hall–Kier alpha value is -2.35. The highest BCUT2D eigenvalue weighted by Gasteiger charge is 2.16. The monoisotopic (exact) mass is 350 g/mol. The Balaban J connectivity index is 2.03. The van der Waals surface area contributed by atoms with E-state index in [1.807, 2.05) is 0 Å². The fourth-order valence-corrected chi connectivity index (χ4v) is 2.28. The number of benzene rings is 1. The SMILES string of the molecule is O=c1onc(-c2ncccn2)n1Cc1ccc(F)cc1Br. The maximum absolute atomic E-state index is 13.1. The molecule has 0 spiro atoms. The first-order valence-electron chi connectivity index (χ1n) is 5.93. The molecular weight excluding hydrogens is 343 g/mol. The second kappa shape index (κ2) is 5.57. The lowest BCUT2D eigenvalue weighted by atomic mass is 10.2. The Morgan fingerprint density at radius 1 is 1.29 bits per heavy atom. The maximum atomic E-state index is 13.1. The van der Waals surface area contributed by atoms with Crippen LogP contribution in [0.1, 0.15) is 5.56 Å². The average molecular weight is 351 g/mol. The molecule has 0 aliphatic rings. The zero-order chi connectivity index (χ0) is 14.8. The Kier molecular flexibility index (Phi) is 3.61. The van der Waals surface area contributed by atoms with Crippen LogP contribution >= 0.6 is 15.9 Å². The zero-order valence-corrected chi connectivity index (χ0v) is 12.1. The van der Waals surface area contributed by atoms with E-state index in [0.717, 1.165) is 0 Å². The molecule has 2 heterocycles. The number of hydrogen-bond acceptors (Lipinski definition) is 5. The van der Waals surface area contributed by atoms with Crippen LogP contribution in [-0.4, -0.2) is 19.7 Å². The molecule has 0 aliphatic heterocycles. The molecule has 0 atom stereocenters. The molecule has 6 nitrogen and oxygen atoms in total. The maximum Gasteiger partial charge on any atom is 0.442 e. The van der Waals surface area contributed by atoms with Crippen molar-refractivity contribution in [1.82, 2.24) is 19.7 Å². The van der Waals surface area contributed by atoms with Gasteiger partial charge < -0.3 is 0 Å². The fraction of sp³-hybridized carbons (Fsp3) is 0.0769. The molecular formula is C13H8BrFN4O2. The molecule has 3 aromatic rings. The second-order valence-electron chi connectivity index (χ2n) is 4.17. The van der Waals surface area contributed by atoms with Crippen molar-refractivity contribution in [2.75, 3.05) is 0 Å². The van der Waals surface area contributed by atoms with Crippen LogP contribution in [0.5, 0.6) is 0 Å². The van der Waals surface area contributed by atoms with E-state index in [4.69, 9.17) is 0 Å². The smallest absolute Gasteiger partial charge is 0.295 e. The third-order valence-corrected chi connectivity index (χ3v) is 3.53. The van der Waals surface area contributed by atoms with E-state index in [0.29, 0.717) is 10.0 Å². The number of nitrogens with zero attached hydrogens (tertiary/aromatic N) is 4. The standard InChI is InChI=1S/C13H8BrFN4O2/c14-10-6-9(15)3-2-8(10)7-19-12(18-21-13(19)20)11-16-4-1-5-17-11/h1-6H,7H2. The first-order chi connectivity index (χ1) is 10.1. The Labute approximate surface area is 126 Å².